The van der Waals surface area contributed by atoms with Crippen molar-refractivity contribution in [3.63, 3.8) is 0 Å². The molecule has 5 rings (SSSR count). The first-order chi connectivity index (χ1) is 11.7. The van der Waals surface area contributed by atoms with E-state index in [1.807, 2.05) is 0 Å². The second kappa shape index (κ2) is 6.40. The minimum Gasteiger partial charge on any atom is -0.384 e. The average Bonchev–Trinajstić information content (AvgIpc) is 3.05. The Kier molecular flexibility index (Phi) is 4.26. The molecule has 0 aromatic heterocycles. The molecule has 2 N–H and O–H groups in total. The Morgan fingerprint density at radius 1 is 1.21 bits per heavy atom. The topological polar surface area (TPSA) is 74.2 Å². The van der Waals surface area contributed by atoms with Crippen molar-refractivity contribution < 1.29 is 9.53 Å². The lowest BCUT2D eigenvalue weighted by Gasteiger charge is -2.56. The summed E-state index contributed by atoms with van der Waals surface area (Å²) in [5, 5.41) is 15.7. The summed E-state index contributed by atoms with van der Waals surface area (Å²) in [6, 6.07) is 2.06. The molecule has 0 aromatic carbocycles. The van der Waals surface area contributed by atoms with Crippen molar-refractivity contribution in [2.45, 2.75) is 63.0 Å². The van der Waals surface area contributed by atoms with E-state index in [9.17, 15) is 10.1 Å². The fourth-order valence-corrected chi connectivity index (χ4v) is 5.77. The number of nitrogens with zero attached hydrogens (tertiary/aromatic N) is 1. The summed E-state index contributed by atoms with van der Waals surface area (Å²) >= 11 is 0. The Balaban J connectivity index is 1.36. The number of ether oxygens (including phenoxy) is 1. The first kappa shape index (κ1) is 16.0. The highest BCUT2D eigenvalue weighted by atomic mass is 16.5. The normalized spacial score (nSPS) is 40.4. The zero-order valence-electron chi connectivity index (χ0n) is 14.2. The van der Waals surface area contributed by atoms with Gasteiger partial charge in [0.15, 0.2) is 0 Å². The largest absolute Gasteiger partial charge is 0.384 e. The number of nitrogens with one attached hydrogen (secondary N) is 2. The second-order valence-corrected chi connectivity index (χ2v) is 8.36. The van der Waals surface area contributed by atoms with E-state index in [0.717, 1.165) is 37.2 Å². The van der Waals surface area contributed by atoms with Crippen LogP contribution >= 0.6 is 0 Å². The SMILES string of the molecule is N#C/C(=C/NC12CC3CC(CC(C3)C1)C2)C(=O)NCC1CCCO1. The Morgan fingerprint density at radius 3 is 2.42 bits per heavy atom. The van der Waals surface area contributed by atoms with Gasteiger partial charge in [0.2, 0.25) is 0 Å². The Morgan fingerprint density at radius 2 is 1.88 bits per heavy atom. The van der Waals surface area contributed by atoms with Crippen molar-refractivity contribution in [2.75, 3.05) is 13.2 Å². The van der Waals surface area contributed by atoms with Crippen molar-refractivity contribution in [3.05, 3.63) is 11.8 Å². The van der Waals surface area contributed by atoms with E-state index >= 15 is 0 Å². The van der Waals surface area contributed by atoms with Crippen LogP contribution in [0.15, 0.2) is 11.8 Å². The van der Waals surface area contributed by atoms with Crippen LogP contribution in [0.25, 0.3) is 0 Å². The minimum absolute atomic E-state index is 0.102. The predicted molar refractivity (Wildman–Crippen MR) is 89.7 cm³/mol. The van der Waals surface area contributed by atoms with Gasteiger partial charge in [-0.3, -0.25) is 4.79 Å². The summed E-state index contributed by atoms with van der Waals surface area (Å²) < 4.78 is 5.51. The third kappa shape index (κ3) is 3.17. The minimum atomic E-state index is -0.287. The molecule has 5 heteroatoms. The van der Waals surface area contributed by atoms with E-state index in [0.29, 0.717) is 6.54 Å². The number of carbonyl (C=O) groups excluding carboxylic acids is 1. The maximum Gasteiger partial charge on any atom is 0.263 e. The van der Waals surface area contributed by atoms with Crippen LogP contribution in [0.5, 0.6) is 0 Å². The number of hydrogen-bond acceptors (Lipinski definition) is 4. The van der Waals surface area contributed by atoms with Gasteiger partial charge in [-0.25, -0.2) is 0 Å². The maximum atomic E-state index is 12.3. The van der Waals surface area contributed by atoms with Crippen LogP contribution < -0.4 is 10.6 Å². The lowest BCUT2D eigenvalue weighted by atomic mass is 9.53. The lowest BCUT2D eigenvalue weighted by molar-refractivity contribution is -0.117. The van der Waals surface area contributed by atoms with Gasteiger partial charge in [0.05, 0.1) is 6.10 Å². The molecule has 4 aliphatic carbocycles. The molecule has 5 aliphatic rings. The molecule has 24 heavy (non-hydrogen) atoms. The van der Waals surface area contributed by atoms with Crippen LogP contribution in [-0.2, 0) is 9.53 Å². The molecular formula is C19H27N3O2. The highest BCUT2D eigenvalue weighted by Crippen LogP contribution is 2.55. The molecule has 0 spiro atoms. The fraction of sp³-hybridized carbons (Fsp3) is 0.789. The van der Waals surface area contributed by atoms with Gasteiger partial charge in [-0.15, -0.1) is 0 Å². The quantitative estimate of drug-likeness (QED) is 0.599. The molecule has 1 saturated heterocycles. The van der Waals surface area contributed by atoms with E-state index in [1.165, 1.54) is 38.5 Å². The molecule has 5 nitrogen and oxygen atoms in total. The van der Waals surface area contributed by atoms with Crippen LogP contribution in [0.4, 0.5) is 0 Å². The number of hydrogen-bond donors (Lipinski definition) is 2. The summed E-state index contributed by atoms with van der Waals surface area (Å²) in [6.45, 7) is 1.27. The second-order valence-electron chi connectivity index (χ2n) is 8.36. The smallest absolute Gasteiger partial charge is 0.263 e. The lowest BCUT2D eigenvalue weighted by Crippen LogP contribution is -2.57. The first-order valence-corrected chi connectivity index (χ1v) is 9.43. The molecule has 0 radical (unpaired) electrons. The van der Waals surface area contributed by atoms with Gasteiger partial charge in [-0.1, -0.05) is 0 Å². The molecule has 4 saturated carbocycles. The summed E-state index contributed by atoms with van der Waals surface area (Å²) in [5.74, 6) is 2.24. The third-order valence-electron chi connectivity index (χ3n) is 6.44. The zero-order valence-corrected chi connectivity index (χ0v) is 14.2. The van der Waals surface area contributed by atoms with Crippen molar-refractivity contribution in [1.29, 1.82) is 5.26 Å². The zero-order chi connectivity index (χ0) is 16.6. The van der Waals surface area contributed by atoms with E-state index < -0.39 is 0 Å². The van der Waals surface area contributed by atoms with E-state index in [-0.39, 0.29) is 23.1 Å². The molecule has 1 unspecified atom stereocenters. The molecule has 1 aliphatic heterocycles. The van der Waals surface area contributed by atoms with E-state index in [2.05, 4.69) is 16.7 Å². The summed E-state index contributed by atoms with van der Waals surface area (Å²) in [7, 11) is 0. The number of carbonyl (C=O) groups is 1. The van der Waals surface area contributed by atoms with Gasteiger partial charge in [-0.2, -0.15) is 5.26 Å². The van der Waals surface area contributed by atoms with E-state index in [4.69, 9.17) is 4.74 Å². The van der Waals surface area contributed by atoms with Gasteiger partial charge in [-0.05, 0) is 69.1 Å². The van der Waals surface area contributed by atoms with Crippen LogP contribution in [0.1, 0.15) is 51.4 Å². The van der Waals surface area contributed by atoms with Crippen LogP contribution in [0.3, 0.4) is 0 Å². The van der Waals surface area contributed by atoms with Crippen molar-refractivity contribution in [2.24, 2.45) is 17.8 Å². The van der Waals surface area contributed by atoms with E-state index in [1.54, 1.807) is 6.20 Å². The van der Waals surface area contributed by atoms with Gasteiger partial charge in [0.25, 0.3) is 5.91 Å². The fourth-order valence-electron chi connectivity index (χ4n) is 5.77. The molecule has 130 valence electrons. The number of amides is 1. The van der Waals surface area contributed by atoms with Crippen LogP contribution in [0.2, 0.25) is 0 Å². The Bertz CT molecular complexity index is 536. The summed E-state index contributed by atoms with van der Waals surface area (Å²) in [6.07, 6.45) is 11.6. The molecule has 1 amide bonds. The number of rotatable bonds is 5. The molecule has 5 fully saturated rings. The van der Waals surface area contributed by atoms with Gasteiger partial charge < -0.3 is 15.4 Å². The highest BCUT2D eigenvalue weighted by molar-refractivity contribution is 5.97. The van der Waals surface area contributed by atoms with Gasteiger partial charge in [0, 0.05) is 24.9 Å². The highest BCUT2D eigenvalue weighted by Gasteiger charge is 2.50. The molecule has 1 atom stereocenters. The van der Waals surface area contributed by atoms with Crippen LogP contribution in [-0.4, -0.2) is 30.7 Å². The third-order valence-corrected chi connectivity index (χ3v) is 6.44. The predicted octanol–water partition coefficient (Wildman–Crippen LogP) is 2.25. The van der Waals surface area contributed by atoms with Gasteiger partial charge >= 0.3 is 0 Å². The first-order valence-electron chi connectivity index (χ1n) is 9.43. The van der Waals surface area contributed by atoms with Crippen molar-refractivity contribution >= 4 is 5.91 Å². The molecular weight excluding hydrogens is 302 g/mol. The standard InChI is InChI=1S/C19H27N3O2/c20-10-16(18(23)21-12-17-2-1-3-24-17)11-22-19-7-13-4-14(8-19)6-15(5-13)9-19/h11,13-15,17,22H,1-9,12H2,(H,21,23)/b16-11-. The van der Waals surface area contributed by atoms with Crippen molar-refractivity contribution in [3.8, 4) is 6.07 Å². The summed E-state index contributed by atoms with van der Waals surface area (Å²) in [4.78, 5) is 12.3. The number of nitriles is 1. The average molecular weight is 329 g/mol. The Labute approximate surface area is 143 Å². The van der Waals surface area contributed by atoms with Gasteiger partial charge in [0.1, 0.15) is 11.6 Å². The van der Waals surface area contributed by atoms with Crippen molar-refractivity contribution in [1.82, 2.24) is 10.6 Å². The monoisotopic (exact) mass is 329 g/mol. The Hall–Kier alpha value is -1.54. The maximum absolute atomic E-state index is 12.3. The summed E-state index contributed by atoms with van der Waals surface area (Å²) in [5.41, 5.74) is 0.315. The molecule has 0 aromatic rings. The molecule has 4 bridgehead atoms. The molecule has 1 heterocycles. The van der Waals surface area contributed by atoms with Crippen LogP contribution in [0, 0.1) is 29.1 Å².